The van der Waals surface area contributed by atoms with Crippen LogP contribution in [0.3, 0.4) is 0 Å². The van der Waals surface area contributed by atoms with Gasteiger partial charge in [-0.15, -0.1) is 0 Å². The van der Waals surface area contributed by atoms with Gasteiger partial charge in [0, 0.05) is 30.4 Å². The zero-order chi connectivity index (χ0) is 26.1. The molecule has 0 saturated heterocycles. The summed E-state index contributed by atoms with van der Waals surface area (Å²) in [5, 5.41) is 6.11. The topological polar surface area (TPSA) is 113 Å². The first-order valence-corrected chi connectivity index (χ1v) is 11.1. The number of amides is 1. The molecule has 0 saturated carbocycles. The Hall–Kier alpha value is -4.53. The van der Waals surface area contributed by atoms with Crippen LogP contribution >= 0.6 is 0 Å². The lowest BCUT2D eigenvalue weighted by atomic mass is 10.1. The van der Waals surface area contributed by atoms with Crippen molar-refractivity contribution < 1.29 is 28.5 Å². The molecule has 9 nitrogen and oxygen atoms in total. The molecule has 1 amide bonds. The maximum absolute atomic E-state index is 12.4. The third-order valence-electron chi connectivity index (χ3n) is 5.41. The van der Waals surface area contributed by atoms with E-state index in [0.717, 1.165) is 16.8 Å². The van der Waals surface area contributed by atoms with Gasteiger partial charge < -0.3 is 40.1 Å². The van der Waals surface area contributed by atoms with E-state index in [-0.39, 0.29) is 5.91 Å². The monoisotopic (exact) mass is 493 g/mol. The van der Waals surface area contributed by atoms with Gasteiger partial charge in [0.2, 0.25) is 11.7 Å². The number of carbonyl (C=O) groups is 1. The van der Waals surface area contributed by atoms with Crippen LogP contribution in [0.25, 0.3) is 6.08 Å². The smallest absolute Gasteiger partial charge is 0.248 e. The molecule has 0 heterocycles. The average molecular weight is 494 g/mol. The third kappa shape index (κ3) is 6.12. The highest BCUT2D eigenvalue weighted by Gasteiger charge is 2.16. The second kappa shape index (κ2) is 12.3. The predicted octanol–water partition coefficient (Wildman–Crippen LogP) is 4.58. The second-order valence-electron chi connectivity index (χ2n) is 7.58. The summed E-state index contributed by atoms with van der Waals surface area (Å²) in [7, 11) is 7.84. The number of hydrogen-bond donors (Lipinski definition) is 3. The van der Waals surface area contributed by atoms with Crippen LogP contribution in [0.5, 0.6) is 28.7 Å². The van der Waals surface area contributed by atoms with Gasteiger partial charge in [-0.05, 0) is 35.9 Å². The lowest BCUT2D eigenvalue weighted by Gasteiger charge is -2.18. The van der Waals surface area contributed by atoms with Gasteiger partial charge in [0.15, 0.2) is 11.5 Å². The first-order chi connectivity index (χ1) is 17.4. The van der Waals surface area contributed by atoms with Crippen molar-refractivity contribution in [3.63, 3.8) is 0 Å². The van der Waals surface area contributed by atoms with Gasteiger partial charge in [0.25, 0.3) is 0 Å². The maximum atomic E-state index is 12.4. The van der Waals surface area contributed by atoms with Crippen molar-refractivity contribution >= 4 is 29.0 Å². The maximum Gasteiger partial charge on any atom is 0.248 e. The summed E-state index contributed by atoms with van der Waals surface area (Å²) in [6.45, 7) is 0.392. The van der Waals surface area contributed by atoms with Gasteiger partial charge in [-0.2, -0.15) is 0 Å². The largest absolute Gasteiger partial charge is 0.496 e. The number of nitrogens with two attached hydrogens (primary N) is 1. The van der Waals surface area contributed by atoms with Crippen molar-refractivity contribution in [2.45, 2.75) is 6.54 Å². The van der Waals surface area contributed by atoms with Crippen molar-refractivity contribution in [3.8, 4) is 28.7 Å². The van der Waals surface area contributed by atoms with Crippen molar-refractivity contribution in [1.82, 2.24) is 0 Å². The van der Waals surface area contributed by atoms with E-state index in [9.17, 15) is 4.79 Å². The number of rotatable bonds is 11. The number of ether oxygens (including phenoxy) is 5. The van der Waals surface area contributed by atoms with Crippen LogP contribution in [0.4, 0.5) is 17.1 Å². The number of para-hydroxylation sites is 2. The predicted molar refractivity (Wildman–Crippen MR) is 141 cm³/mol. The van der Waals surface area contributed by atoms with Crippen LogP contribution < -0.4 is 40.1 Å². The number of methoxy groups -OCH3 is 5. The van der Waals surface area contributed by atoms with E-state index in [2.05, 4.69) is 10.6 Å². The molecule has 0 aliphatic carbocycles. The third-order valence-corrected chi connectivity index (χ3v) is 5.41. The minimum Gasteiger partial charge on any atom is -0.496 e. The lowest BCUT2D eigenvalue weighted by Crippen LogP contribution is -2.09. The molecule has 0 unspecified atom stereocenters. The van der Waals surface area contributed by atoms with E-state index in [1.165, 1.54) is 6.08 Å². The summed E-state index contributed by atoms with van der Waals surface area (Å²) in [5.74, 6) is 2.47. The SMILES string of the molecule is COc1cc(C=CC(=O)Nc2ccccc2N)cc(OC)c1CNc1cc(OC)c(OC)c(OC)c1. The molecule has 3 aromatic carbocycles. The Balaban J connectivity index is 1.81. The van der Waals surface area contributed by atoms with Crippen LogP contribution in [0.2, 0.25) is 0 Å². The molecule has 0 aromatic heterocycles. The fraction of sp³-hybridized carbons (Fsp3) is 0.222. The highest BCUT2D eigenvalue weighted by molar-refractivity contribution is 6.03. The number of anilines is 3. The Morgan fingerprint density at radius 2 is 1.42 bits per heavy atom. The standard InChI is InChI=1S/C27H31N3O6/c1-32-22-12-17(10-11-26(31)30-21-9-7-6-8-20(21)28)13-23(33-2)19(22)16-29-18-14-24(34-3)27(36-5)25(15-18)35-4/h6-15,29H,16,28H2,1-5H3,(H,30,31). The Bertz CT molecular complexity index is 1190. The van der Waals surface area contributed by atoms with Crippen molar-refractivity contribution in [2.24, 2.45) is 0 Å². The van der Waals surface area contributed by atoms with Gasteiger partial charge in [-0.25, -0.2) is 0 Å². The fourth-order valence-corrected chi connectivity index (χ4v) is 3.61. The van der Waals surface area contributed by atoms with E-state index < -0.39 is 0 Å². The lowest BCUT2D eigenvalue weighted by molar-refractivity contribution is -0.111. The molecule has 3 rings (SSSR count). The van der Waals surface area contributed by atoms with Crippen LogP contribution in [0.1, 0.15) is 11.1 Å². The molecular formula is C27H31N3O6. The van der Waals surface area contributed by atoms with Gasteiger partial charge in [-0.1, -0.05) is 12.1 Å². The Morgan fingerprint density at radius 1 is 0.833 bits per heavy atom. The quantitative estimate of drug-likeness (QED) is 0.263. The summed E-state index contributed by atoms with van der Waals surface area (Å²) in [6.07, 6.45) is 3.10. The molecule has 3 aromatic rings. The minimum atomic E-state index is -0.307. The highest BCUT2D eigenvalue weighted by atomic mass is 16.5. The summed E-state index contributed by atoms with van der Waals surface area (Å²) in [5.41, 5.74) is 9.22. The van der Waals surface area contributed by atoms with Crippen LogP contribution in [0.15, 0.2) is 54.6 Å². The van der Waals surface area contributed by atoms with Gasteiger partial charge in [0.1, 0.15) is 11.5 Å². The Morgan fingerprint density at radius 3 is 1.94 bits per heavy atom. The molecule has 0 aliphatic rings. The molecule has 0 atom stereocenters. The van der Waals surface area contributed by atoms with E-state index in [1.807, 2.05) is 24.3 Å². The molecular weight excluding hydrogens is 462 g/mol. The highest BCUT2D eigenvalue weighted by Crippen LogP contribution is 2.40. The fourth-order valence-electron chi connectivity index (χ4n) is 3.61. The van der Waals surface area contributed by atoms with Gasteiger partial charge in [-0.3, -0.25) is 4.79 Å². The first-order valence-electron chi connectivity index (χ1n) is 11.1. The molecule has 0 spiro atoms. The van der Waals surface area contributed by atoms with Gasteiger partial charge >= 0.3 is 0 Å². The number of carbonyl (C=O) groups excluding carboxylic acids is 1. The molecule has 36 heavy (non-hydrogen) atoms. The molecule has 9 heteroatoms. The minimum absolute atomic E-state index is 0.307. The number of hydrogen-bond acceptors (Lipinski definition) is 8. The number of benzene rings is 3. The van der Waals surface area contributed by atoms with E-state index in [0.29, 0.717) is 46.7 Å². The van der Waals surface area contributed by atoms with E-state index >= 15 is 0 Å². The normalized spacial score (nSPS) is 10.6. The van der Waals surface area contributed by atoms with Crippen molar-refractivity contribution in [3.05, 3.63) is 65.7 Å². The zero-order valence-electron chi connectivity index (χ0n) is 21.0. The zero-order valence-corrected chi connectivity index (χ0v) is 21.0. The van der Waals surface area contributed by atoms with E-state index in [1.54, 1.807) is 65.9 Å². The molecule has 4 N–H and O–H groups in total. The van der Waals surface area contributed by atoms with Gasteiger partial charge in [0.05, 0.1) is 52.5 Å². The summed E-state index contributed by atoms with van der Waals surface area (Å²) >= 11 is 0. The Labute approximate surface area is 210 Å². The number of nitrogen functional groups attached to an aromatic ring is 1. The molecule has 0 aliphatic heterocycles. The second-order valence-corrected chi connectivity index (χ2v) is 7.58. The molecule has 0 radical (unpaired) electrons. The van der Waals surface area contributed by atoms with E-state index in [4.69, 9.17) is 29.4 Å². The average Bonchev–Trinajstić information content (AvgIpc) is 2.90. The van der Waals surface area contributed by atoms with Crippen LogP contribution in [-0.4, -0.2) is 41.5 Å². The number of nitrogens with one attached hydrogen (secondary N) is 2. The Kier molecular flexibility index (Phi) is 8.88. The summed E-state index contributed by atoms with van der Waals surface area (Å²) < 4.78 is 27.5. The van der Waals surface area contributed by atoms with Crippen LogP contribution in [0, 0.1) is 0 Å². The molecule has 0 bridgehead atoms. The summed E-state index contributed by atoms with van der Waals surface area (Å²) in [4.78, 5) is 12.4. The van der Waals surface area contributed by atoms with Crippen LogP contribution in [-0.2, 0) is 11.3 Å². The van der Waals surface area contributed by atoms with Crippen molar-refractivity contribution in [1.29, 1.82) is 0 Å². The van der Waals surface area contributed by atoms with Crippen molar-refractivity contribution in [2.75, 3.05) is 51.9 Å². The molecule has 190 valence electrons. The molecule has 0 fully saturated rings. The first kappa shape index (κ1) is 26.1. The summed E-state index contributed by atoms with van der Waals surface area (Å²) in [6, 6.07) is 14.4.